The number of amides is 1. The fourth-order valence-electron chi connectivity index (χ4n) is 3.75. The van der Waals surface area contributed by atoms with Crippen molar-refractivity contribution in [1.82, 2.24) is 9.88 Å². The topological polar surface area (TPSA) is 60.3 Å². The zero-order valence-electron chi connectivity index (χ0n) is 18.3. The van der Waals surface area contributed by atoms with E-state index >= 15 is 0 Å². The van der Waals surface area contributed by atoms with E-state index in [9.17, 15) is 22.8 Å². The lowest BCUT2D eigenvalue weighted by atomic mass is 10.1. The van der Waals surface area contributed by atoms with Crippen molar-refractivity contribution < 1.29 is 22.7 Å². The smallest absolute Gasteiger partial charge is 0.406 e. The third kappa shape index (κ3) is 5.84. The molecule has 1 aromatic heterocycles. The molecule has 180 valence electrons. The summed E-state index contributed by atoms with van der Waals surface area (Å²) >= 11 is 6.50. The first-order valence-electron chi connectivity index (χ1n) is 10.7. The highest BCUT2D eigenvalue weighted by atomic mass is 35.5. The molecule has 0 bridgehead atoms. The van der Waals surface area contributed by atoms with E-state index in [-0.39, 0.29) is 22.9 Å². The summed E-state index contributed by atoms with van der Waals surface area (Å²) in [5.41, 5.74) is 1.30. The van der Waals surface area contributed by atoms with Crippen LogP contribution in [0.3, 0.4) is 0 Å². The third-order valence-electron chi connectivity index (χ3n) is 5.38. The fraction of sp³-hybridized carbons (Fsp3) is 0.154. The first-order valence-corrected chi connectivity index (χ1v) is 11.1. The van der Waals surface area contributed by atoms with Gasteiger partial charge in [-0.1, -0.05) is 72.3 Å². The molecule has 1 heterocycles. The van der Waals surface area contributed by atoms with Gasteiger partial charge in [-0.25, -0.2) is 0 Å². The summed E-state index contributed by atoms with van der Waals surface area (Å²) in [6.07, 6.45) is -4.22. The number of para-hydroxylation sites is 1. The van der Waals surface area contributed by atoms with Gasteiger partial charge in [-0.2, -0.15) is 0 Å². The van der Waals surface area contributed by atoms with Crippen molar-refractivity contribution in [1.29, 1.82) is 0 Å². The van der Waals surface area contributed by atoms with E-state index < -0.39 is 17.8 Å². The summed E-state index contributed by atoms with van der Waals surface area (Å²) in [5.74, 6) is -0.961. The molecule has 3 aromatic carbocycles. The lowest BCUT2D eigenvalue weighted by Crippen LogP contribution is -2.35. The van der Waals surface area contributed by atoms with E-state index in [0.29, 0.717) is 29.4 Å². The maximum absolute atomic E-state index is 13.4. The van der Waals surface area contributed by atoms with Crippen LogP contribution in [-0.4, -0.2) is 23.4 Å². The van der Waals surface area contributed by atoms with Crippen molar-refractivity contribution in [3.63, 3.8) is 0 Å². The van der Waals surface area contributed by atoms with E-state index in [1.165, 1.54) is 28.8 Å². The SMILES string of the molecule is O=C(NCCc1ccccc1)c1c(Cl)c2ccccc2n(Cc2ccc(OC(F)(F)F)cc2)c1=O. The van der Waals surface area contributed by atoms with E-state index in [2.05, 4.69) is 10.1 Å². The first-order chi connectivity index (χ1) is 16.7. The largest absolute Gasteiger partial charge is 0.573 e. The van der Waals surface area contributed by atoms with Crippen molar-refractivity contribution in [3.8, 4) is 5.75 Å². The lowest BCUT2D eigenvalue weighted by Gasteiger charge is -2.16. The number of nitrogens with zero attached hydrogens (tertiary/aromatic N) is 1. The Balaban J connectivity index is 1.63. The van der Waals surface area contributed by atoms with Gasteiger partial charge in [0, 0.05) is 11.9 Å². The number of halogens is 4. The van der Waals surface area contributed by atoms with Crippen LogP contribution < -0.4 is 15.6 Å². The average Bonchev–Trinajstić information content (AvgIpc) is 2.83. The number of nitrogens with one attached hydrogen (secondary N) is 1. The Kier molecular flexibility index (Phi) is 7.12. The predicted octanol–water partition coefficient (Wildman–Crippen LogP) is 5.57. The van der Waals surface area contributed by atoms with Gasteiger partial charge in [0.25, 0.3) is 11.5 Å². The monoisotopic (exact) mass is 500 g/mol. The van der Waals surface area contributed by atoms with Crippen LogP contribution in [0.2, 0.25) is 5.02 Å². The van der Waals surface area contributed by atoms with Crippen LogP contribution in [0, 0.1) is 0 Å². The van der Waals surface area contributed by atoms with Gasteiger partial charge in [-0.15, -0.1) is 13.2 Å². The van der Waals surface area contributed by atoms with Gasteiger partial charge in [0.05, 0.1) is 17.1 Å². The molecule has 0 aliphatic rings. The quantitative estimate of drug-likeness (QED) is 0.361. The minimum absolute atomic E-state index is 0.0209. The molecule has 1 amide bonds. The number of pyridine rings is 1. The molecule has 0 atom stereocenters. The third-order valence-corrected chi connectivity index (χ3v) is 5.77. The highest BCUT2D eigenvalue weighted by molar-refractivity contribution is 6.38. The summed E-state index contributed by atoms with van der Waals surface area (Å²) in [6, 6.07) is 21.6. The zero-order valence-corrected chi connectivity index (χ0v) is 19.1. The number of ether oxygens (including phenoxy) is 1. The molecule has 0 fully saturated rings. The van der Waals surface area contributed by atoms with Gasteiger partial charge in [0.2, 0.25) is 0 Å². The van der Waals surface area contributed by atoms with E-state index in [1.54, 1.807) is 24.3 Å². The number of aromatic nitrogens is 1. The fourth-order valence-corrected chi connectivity index (χ4v) is 4.08. The van der Waals surface area contributed by atoms with Crippen LogP contribution in [0.4, 0.5) is 13.2 Å². The van der Waals surface area contributed by atoms with E-state index in [4.69, 9.17) is 11.6 Å². The molecule has 1 N–H and O–H groups in total. The highest BCUT2D eigenvalue weighted by Crippen LogP contribution is 2.26. The molecule has 5 nitrogen and oxygen atoms in total. The molecule has 0 spiro atoms. The van der Waals surface area contributed by atoms with Gasteiger partial charge in [-0.3, -0.25) is 9.59 Å². The second kappa shape index (κ2) is 10.2. The van der Waals surface area contributed by atoms with Crippen molar-refractivity contribution in [2.45, 2.75) is 19.3 Å². The van der Waals surface area contributed by atoms with Crippen LogP contribution in [0.25, 0.3) is 10.9 Å². The molecule has 4 rings (SSSR count). The Bertz CT molecular complexity index is 1400. The number of benzene rings is 3. The predicted molar refractivity (Wildman–Crippen MR) is 128 cm³/mol. The second-order valence-electron chi connectivity index (χ2n) is 7.78. The van der Waals surface area contributed by atoms with Gasteiger partial charge >= 0.3 is 6.36 Å². The van der Waals surface area contributed by atoms with Crippen LogP contribution >= 0.6 is 11.6 Å². The molecule has 9 heteroatoms. The first kappa shape index (κ1) is 24.3. The number of hydrogen-bond acceptors (Lipinski definition) is 3. The van der Waals surface area contributed by atoms with Crippen LogP contribution in [0.15, 0.2) is 83.7 Å². The van der Waals surface area contributed by atoms with Crippen LogP contribution in [0.5, 0.6) is 5.75 Å². The summed E-state index contributed by atoms with van der Waals surface area (Å²) in [7, 11) is 0. The lowest BCUT2D eigenvalue weighted by molar-refractivity contribution is -0.274. The van der Waals surface area contributed by atoms with E-state index in [0.717, 1.165) is 5.56 Å². The number of carbonyl (C=O) groups is 1. The van der Waals surface area contributed by atoms with Crippen LogP contribution in [0.1, 0.15) is 21.5 Å². The number of fused-ring (bicyclic) bond motifs is 1. The van der Waals surface area contributed by atoms with Gasteiger partial charge < -0.3 is 14.6 Å². The maximum Gasteiger partial charge on any atom is 0.573 e. The summed E-state index contributed by atoms with van der Waals surface area (Å²) in [6.45, 7) is 0.333. The normalized spacial score (nSPS) is 11.4. The molecule has 4 aromatic rings. The highest BCUT2D eigenvalue weighted by Gasteiger charge is 2.31. The zero-order chi connectivity index (χ0) is 25.0. The average molecular weight is 501 g/mol. The Labute approximate surface area is 203 Å². The molecule has 0 aliphatic carbocycles. The summed E-state index contributed by atoms with van der Waals surface area (Å²) in [5, 5.41) is 3.32. The number of rotatable bonds is 7. The molecule has 0 radical (unpaired) electrons. The number of carbonyl (C=O) groups excluding carboxylic acids is 1. The van der Waals surface area contributed by atoms with Crippen molar-refractivity contribution in [3.05, 3.63) is 111 Å². The standard InChI is InChI=1S/C26H20ClF3N2O3/c27-23-20-8-4-5-9-21(20)32(16-18-10-12-19(13-11-18)35-26(28,29)30)25(34)22(23)24(33)31-15-14-17-6-2-1-3-7-17/h1-13H,14-16H2,(H,31,33). The Morgan fingerprint density at radius 2 is 1.57 bits per heavy atom. The molecule has 0 aliphatic heterocycles. The van der Waals surface area contributed by atoms with Gasteiger partial charge in [-0.05, 0) is 35.7 Å². The molecular formula is C26H20ClF3N2O3. The van der Waals surface area contributed by atoms with Gasteiger partial charge in [0.15, 0.2) is 0 Å². The van der Waals surface area contributed by atoms with Crippen molar-refractivity contribution in [2.75, 3.05) is 6.54 Å². The van der Waals surface area contributed by atoms with Gasteiger partial charge in [0.1, 0.15) is 11.3 Å². The molecular weight excluding hydrogens is 481 g/mol. The molecule has 35 heavy (non-hydrogen) atoms. The minimum atomic E-state index is -4.80. The number of alkyl halides is 3. The number of hydrogen-bond donors (Lipinski definition) is 1. The van der Waals surface area contributed by atoms with E-state index in [1.807, 2.05) is 30.3 Å². The minimum Gasteiger partial charge on any atom is -0.406 e. The van der Waals surface area contributed by atoms with Crippen molar-refractivity contribution in [2.24, 2.45) is 0 Å². The molecule has 0 saturated heterocycles. The van der Waals surface area contributed by atoms with Crippen LogP contribution in [-0.2, 0) is 13.0 Å². The summed E-state index contributed by atoms with van der Waals surface area (Å²) in [4.78, 5) is 26.4. The van der Waals surface area contributed by atoms with Crippen molar-refractivity contribution >= 4 is 28.4 Å². The summed E-state index contributed by atoms with van der Waals surface area (Å²) < 4.78 is 42.6. The second-order valence-corrected chi connectivity index (χ2v) is 8.16. The Hall–Kier alpha value is -3.78. The molecule has 0 saturated carbocycles. The Morgan fingerprint density at radius 3 is 2.26 bits per heavy atom. The molecule has 0 unspecified atom stereocenters. The maximum atomic E-state index is 13.4. The Morgan fingerprint density at radius 1 is 0.914 bits per heavy atom.